The molecule has 0 bridgehead atoms. The highest BCUT2D eigenvalue weighted by molar-refractivity contribution is 7.85. The van der Waals surface area contributed by atoms with Gasteiger partial charge in [-0.1, -0.05) is 188 Å². The molecule has 0 saturated heterocycles. The highest BCUT2D eigenvalue weighted by atomic mass is 31.2. The summed E-state index contributed by atoms with van der Waals surface area (Å²) in [6.07, 6.45) is 0. The van der Waals surface area contributed by atoms with Gasteiger partial charge < -0.3 is 4.57 Å². The van der Waals surface area contributed by atoms with Crippen LogP contribution in [0.25, 0.3) is 77.6 Å². The van der Waals surface area contributed by atoms with Crippen molar-refractivity contribution in [3.8, 4) is 45.2 Å². The second-order valence-electron chi connectivity index (χ2n) is 13.9. The monoisotopic (exact) mass is 735 g/mol. The summed E-state index contributed by atoms with van der Waals surface area (Å²) in [6.45, 7) is 0. The maximum atomic E-state index is 15.2. The second kappa shape index (κ2) is 14.0. The van der Waals surface area contributed by atoms with Gasteiger partial charge >= 0.3 is 0 Å². The van der Waals surface area contributed by atoms with Crippen LogP contribution < -0.4 is 15.9 Å². The molecule has 10 rings (SSSR count). The van der Waals surface area contributed by atoms with Gasteiger partial charge in [-0.25, -0.2) is 15.0 Å². The van der Waals surface area contributed by atoms with Gasteiger partial charge in [-0.15, -0.1) is 0 Å². The molecule has 0 saturated carbocycles. The molecular formula is C51H34N3OP. The van der Waals surface area contributed by atoms with E-state index >= 15 is 4.57 Å². The lowest BCUT2D eigenvalue weighted by Gasteiger charge is -2.20. The Morgan fingerprint density at radius 3 is 1.50 bits per heavy atom. The highest BCUT2D eigenvalue weighted by Crippen LogP contribution is 2.44. The Hall–Kier alpha value is -7.00. The molecule has 0 amide bonds. The Morgan fingerprint density at radius 1 is 0.357 bits per heavy atom. The molecule has 0 aliphatic heterocycles. The van der Waals surface area contributed by atoms with Crippen molar-refractivity contribution < 1.29 is 4.57 Å². The van der Waals surface area contributed by atoms with Crippen LogP contribution in [-0.4, -0.2) is 15.0 Å². The standard InChI is InChI=1S/C51H34N3OP/c55-56(38-21-9-3-10-22-38,39-23-11-4-12-24-39)40-31-29-36(30-32-40)50-45-33-44(41-25-13-14-26-42(41)49(45)43-27-15-16-28-46(43)52-50)48-34-47(35-17-5-1-6-18-35)53-51(54-48)37-19-7-2-8-20-37/h1-34H. The van der Waals surface area contributed by atoms with E-state index in [1.807, 2.05) is 115 Å². The van der Waals surface area contributed by atoms with Crippen molar-refractivity contribution in [1.29, 1.82) is 0 Å². The fourth-order valence-corrected chi connectivity index (χ4v) is 10.5. The van der Waals surface area contributed by atoms with Crippen molar-refractivity contribution in [3.05, 3.63) is 206 Å². The first kappa shape index (κ1) is 33.6. The molecule has 0 unspecified atom stereocenters. The van der Waals surface area contributed by atoms with E-state index in [1.54, 1.807) is 0 Å². The lowest BCUT2D eigenvalue weighted by molar-refractivity contribution is 0.592. The van der Waals surface area contributed by atoms with E-state index in [2.05, 4.69) is 91.0 Å². The van der Waals surface area contributed by atoms with Gasteiger partial charge in [0, 0.05) is 54.3 Å². The van der Waals surface area contributed by atoms with Crippen molar-refractivity contribution in [2.45, 2.75) is 0 Å². The molecule has 4 nitrogen and oxygen atoms in total. The number of para-hydroxylation sites is 1. The minimum absolute atomic E-state index is 0.667. The molecule has 2 aromatic heterocycles. The molecule has 5 heteroatoms. The molecule has 0 aliphatic rings. The van der Waals surface area contributed by atoms with Gasteiger partial charge in [-0.05, 0) is 29.0 Å². The van der Waals surface area contributed by atoms with Gasteiger partial charge in [0.15, 0.2) is 13.0 Å². The molecule has 0 fully saturated rings. The van der Waals surface area contributed by atoms with E-state index in [0.29, 0.717) is 5.82 Å². The smallest absolute Gasteiger partial charge is 0.171 e. The first-order chi connectivity index (χ1) is 27.6. The summed E-state index contributed by atoms with van der Waals surface area (Å²) in [6, 6.07) is 69.5. The summed E-state index contributed by atoms with van der Waals surface area (Å²) in [4.78, 5) is 15.7. The van der Waals surface area contributed by atoms with Gasteiger partial charge in [0.1, 0.15) is 0 Å². The Bertz CT molecular complexity index is 2980. The molecule has 2 heterocycles. The topological polar surface area (TPSA) is 55.7 Å². The highest BCUT2D eigenvalue weighted by Gasteiger charge is 2.29. The number of rotatable bonds is 7. The van der Waals surface area contributed by atoms with Gasteiger partial charge in [-0.2, -0.15) is 0 Å². The Morgan fingerprint density at radius 2 is 0.857 bits per heavy atom. The number of nitrogens with zero attached hydrogens (tertiary/aromatic N) is 3. The van der Waals surface area contributed by atoms with Crippen LogP contribution in [0.2, 0.25) is 0 Å². The maximum Gasteiger partial charge on any atom is 0.171 e. The zero-order chi connectivity index (χ0) is 37.5. The van der Waals surface area contributed by atoms with E-state index in [4.69, 9.17) is 15.0 Å². The first-order valence-electron chi connectivity index (χ1n) is 18.7. The van der Waals surface area contributed by atoms with Crippen molar-refractivity contribution in [3.63, 3.8) is 0 Å². The van der Waals surface area contributed by atoms with Crippen LogP contribution in [0.5, 0.6) is 0 Å². The zero-order valence-electron chi connectivity index (χ0n) is 30.3. The minimum Gasteiger partial charge on any atom is -0.309 e. The van der Waals surface area contributed by atoms with Gasteiger partial charge in [0.05, 0.1) is 22.6 Å². The molecule has 0 atom stereocenters. The number of hydrogen-bond acceptors (Lipinski definition) is 4. The van der Waals surface area contributed by atoms with E-state index in [1.165, 1.54) is 0 Å². The lowest BCUT2D eigenvalue weighted by atomic mass is 9.91. The lowest BCUT2D eigenvalue weighted by Crippen LogP contribution is -2.24. The molecular weight excluding hydrogens is 702 g/mol. The van der Waals surface area contributed by atoms with E-state index in [0.717, 1.165) is 87.7 Å². The summed E-state index contributed by atoms with van der Waals surface area (Å²) in [5.74, 6) is 0.667. The summed E-state index contributed by atoms with van der Waals surface area (Å²) in [5.41, 5.74) is 7.37. The summed E-state index contributed by atoms with van der Waals surface area (Å²) >= 11 is 0. The van der Waals surface area contributed by atoms with Crippen molar-refractivity contribution >= 4 is 55.5 Å². The Labute approximate surface area is 325 Å². The van der Waals surface area contributed by atoms with Crippen LogP contribution in [0.3, 0.4) is 0 Å². The normalized spacial score (nSPS) is 11.6. The van der Waals surface area contributed by atoms with Crippen LogP contribution in [0.4, 0.5) is 0 Å². The third-order valence-electron chi connectivity index (χ3n) is 10.6. The summed E-state index contributed by atoms with van der Waals surface area (Å²) in [5, 5.41) is 7.84. The van der Waals surface area contributed by atoms with Crippen LogP contribution >= 0.6 is 7.14 Å². The Kier molecular flexibility index (Phi) is 8.40. The fraction of sp³-hybridized carbons (Fsp3) is 0. The zero-order valence-corrected chi connectivity index (χ0v) is 31.2. The number of pyridine rings is 1. The molecule has 56 heavy (non-hydrogen) atoms. The summed E-state index contributed by atoms with van der Waals surface area (Å²) < 4.78 is 15.2. The third-order valence-corrected chi connectivity index (χ3v) is 13.6. The maximum absolute atomic E-state index is 15.2. The van der Waals surface area contributed by atoms with E-state index in [-0.39, 0.29) is 0 Å². The van der Waals surface area contributed by atoms with Gasteiger partial charge in [-0.3, -0.25) is 0 Å². The van der Waals surface area contributed by atoms with Crippen LogP contribution in [0.1, 0.15) is 0 Å². The Balaban J connectivity index is 1.22. The van der Waals surface area contributed by atoms with Crippen LogP contribution in [0.15, 0.2) is 206 Å². The van der Waals surface area contributed by atoms with Gasteiger partial charge in [0.2, 0.25) is 0 Å². The molecule has 0 aliphatic carbocycles. The molecule has 8 aromatic carbocycles. The molecule has 10 aromatic rings. The van der Waals surface area contributed by atoms with Crippen LogP contribution in [0, 0.1) is 0 Å². The summed E-state index contributed by atoms with van der Waals surface area (Å²) in [7, 11) is -3.15. The van der Waals surface area contributed by atoms with Crippen molar-refractivity contribution in [2.75, 3.05) is 0 Å². The molecule has 264 valence electrons. The average molecular weight is 736 g/mol. The van der Waals surface area contributed by atoms with Gasteiger partial charge in [0.25, 0.3) is 0 Å². The third kappa shape index (κ3) is 5.80. The molecule has 0 N–H and O–H groups in total. The minimum atomic E-state index is -3.15. The van der Waals surface area contributed by atoms with Crippen molar-refractivity contribution in [2.24, 2.45) is 0 Å². The van der Waals surface area contributed by atoms with Crippen molar-refractivity contribution in [1.82, 2.24) is 15.0 Å². The largest absolute Gasteiger partial charge is 0.309 e. The fourth-order valence-electron chi connectivity index (χ4n) is 7.86. The van der Waals surface area contributed by atoms with E-state index < -0.39 is 7.14 Å². The quantitative estimate of drug-likeness (QED) is 0.121. The SMILES string of the molecule is O=P(c1ccccc1)(c1ccccc1)c1ccc(-c2nc3ccccc3c3c2cc(-c2cc(-c4ccccc4)nc(-c4ccccc4)n2)c2ccccc23)cc1. The predicted octanol–water partition coefficient (Wildman–Crippen LogP) is 11.6. The number of hydrogen-bond donors (Lipinski definition) is 0. The molecule has 0 spiro atoms. The number of aromatic nitrogens is 3. The number of fused-ring (bicyclic) bond motifs is 5. The predicted molar refractivity (Wildman–Crippen MR) is 233 cm³/mol. The van der Waals surface area contributed by atoms with E-state index in [9.17, 15) is 0 Å². The average Bonchev–Trinajstić information content (AvgIpc) is 3.29. The second-order valence-corrected chi connectivity index (χ2v) is 16.7. The molecule has 0 radical (unpaired) electrons. The van der Waals surface area contributed by atoms with Crippen LogP contribution in [-0.2, 0) is 4.57 Å². The first-order valence-corrected chi connectivity index (χ1v) is 20.4. The number of benzene rings is 8.